The van der Waals surface area contributed by atoms with Crippen LogP contribution in [0.3, 0.4) is 0 Å². The zero-order valence-electron chi connectivity index (χ0n) is 17.2. The molecule has 33 heavy (non-hydrogen) atoms. The van der Waals surface area contributed by atoms with Gasteiger partial charge in [-0.05, 0) is 54.4 Å². The number of halogens is 4. The first-order valence-electron chi connectivity index (χ1n) is 9.86. The van der Waals surface area contributed by atoms with Crippen molar-refractivity contribution >= 4 is 23.5 Å². The molecule has 10 heteroatoms. The number of carbonyl (C=O) groups is 2. The average Bonchev–Trinajstić information content (AvgIpc) is 2.75. The number of benzene rings is 2. The highest BCUT2D eigenvalue weighted by atomic mass is 19.4. The predicted molar refractivity (Wildman–Crippen MR) is 112 cm³/mol. The number of ether oxygens (including phenoxy) is 1. The predicted octanol–water partition coefficient (Wildman–Crippen LogP) is 5.19. The molecule has 170 valence electrons. The summed E-state index contributed by atoms with van der Waals surface area (Å²) in [5.41, 5.74) is -0.0788. The van der Waals surface area contributed by atoms with Crippen molar-refractivity contribution in [1.29, 1.82) is 0 Å². The Labute approximate surface area is 185 Å². The van der Waals surface area contributed by atoms with Gasteiger partial charge in [-0.2, -0.15) is 13.2 Å². The van der Waals surface area contributed by atoms with Crippen molar-refractivity contribution < 1.29 is 31.9 Å². The first-order chi connectivity index (χ1) is 15.6. The lowest BCUT2D eigenvalue weighted by molar-refractivity contribution is -0.137. The molecule has 0 aliphatic carbocycles. The first-order valence-corrected chi connectivity index (χ1v) is 9.86. The Bertz CT molecular complexity index is 1240. The first kappa shape index (κ1) is 22.3. The largest absolute Gasteiger partial charge is 0.454 e. The van der Waals surface area contributed by atoms with E-state index in [2.05, 4.69) is 10.3 Å². The third kappa shape index (κ3) is 4.79. The molecule has 0 fully saturated rings. The molecule has 0 atom stereocenters. The summed E-state index contributed by atoms with van der Waals surface area (Å²) >= 11 is 0. The Morgan fingerprint density at radius 2 is 1.91 bits per heavy atom. The van der Waals surface area contributed by atoms with Crippen LogP contribution in [0.4, 0.5) is 29.2 Å². The Kier molecular flexibility index (Phi) is 5.75. The van der Waals surface area contributed by atoms with E-state index in [1.165, 1.54) is 24.0 Å². The molecule has 3 aromatic rings. The minimum Gasteiger partial charge on any atom is -0.454 e. The van der Waals surface area contributed by atoms with E-state index < -0.39 is 23.3 Å². The second-order valence-corrected chi connectivity index (χ2v) is 7.33. The molecule has 2 heterocycles. The molecular weight excluding hydrogens is 442 g/mol. The lowest BCUT2D eigenvalue weighted by Gasteiger charge is -2.28. The number of amides is 2. The number of pyridine rings is 1. The number of nitrogens with one attached hydrogen (secondary N) is 1. The maximum absolute atomic E-state index is 14.2. The monoisotopic (exact) mass is 459 g/mol. The van der Waals surface area contributed by atoms with Crippen molar-refractivity contribution in [3.8, 4) is 11.5 Å². The zero-order chi connectivity index (χ0) is 23.8. The highest BCUT2D eigenvalue weighted by molar-refractivity contribution is 6.08. The second-order valence-electron chi connectivity index (χ2n) is 7.33. The van der Waals surface area contributed by atoms with E-state index in [0.29, 0.717) is 36.2 Å². The molecule has 2 aromatic carbocycles. The average molecular weight is 459 g/mol. The van der Waals surface area contributed by atoms with Crippen molar-refractivity contribution in [1.82, 2.24) is 4.98 Å². The molecule has 6 nitrogen and oxygen atoms in total. The van der Waals surface area contributed by atoms with Gasteiger partial charge in [-0.3, -0.25) is 14.5 Å². The lowest BCUT2D eigenvalue weighted by atomic mass is 9.98. The summed E-state index contributed by atoms with van der Waals surface area (Å²) in [6.07, 6.45) is -4.16. The van der Waals surface area contributed by atoms with Crippen LogP contribution < -0.4 is 15.0 Å². The van der Waals surface area contributed by atoms with Gasteiger partial charge in [-0.1, -0.05) is 12.1 Å². The van der Waals surface area contributed by atoms with Crippen LogP contribution in [0.2, 0.25) is 0 Å². The minimum atomic E-state index is -4.67. The topological polar surface area (TPSA) is 71.5 Å². The summed E-state index contributed by atoms with van der Waals surface area (Å²) in [5.74, 6) is -1.50. The van der Waals surface area contributed by atoms with Gasteiger partial charge in [0.05, 0.1) is 5.56 Å². The Balaban J connectivity index is 1.59. The molecule has 0 bridgehead atoms. The third-order valence-corrected chi connectivity index (χ3v) is 4.96. The van der Waals surface area contributed by atoms with Gasteiger partial charge in [0.1, 0.15) is 17.4 Å². The van der Waals surface area contributed by atoms with Gasteiger partial charge in [0, 0.05) is 19.0 Å². The smallest absolute Gasteiger partial charge is 0.416 e. The Morgan fingerprint density at radius 3 is 2.61 bits per heavy atom. The quantitative estimate of drug-likeness (QED) is 0.545. The van der Waals surface area contributed by atoms with Gasteiger partial charge in [0.25, 0.3) is 5.91 Å². The number of anilines is 2. The van der Waals surface area contributed by atoms with Crippen LogP contribution in [0, 0.1) is 5.82 Å². The number of hydrogen-bond acceptors (Lipinski definition) is 4. The van der Waals surface area contributed by atoms with Gasteiger partial charge in [-0.25, -0.2) is 9.37 Å². The highest BCUT2D eigenvalue weighted by Crippen LogP contribution is 2.34. The van der Waals surface area contributed by atoms with Gasteiger partial charge in [0.2, 0.25) is 5.91 Å². The summed E-state index contributed by atoms with van der Waals surface area (Å²) in [5, 5.41) is 2.56. The van der Waals surface area contributed by atoms with Crippen LogP contribution in [0.15, 0.2) is 54.6 Å². The highest BCUT2D eigenvalue weighted by Gasteiger charge is 2.31. The molecule has 0 unspecified atom stereocenters. The van der Waals surface area contributed by atoms with Crippen LogP contribution in [-0.4, -0.2) is 23.3 Å². The van der Waals surface area contributed by atoms with E-state index >= 15 is 0 Å². The molecule has 1 N–H and O–H groups in total. The molecule has 1 aliphatic heterocycles. The number of nitrogens with zero attached hydrogens (tertiary/aromatic N) is 2. The van der Waals surface area contributed by atoms with Gasteiger partial charge in [-0.15, -0.1) is 0 Å². The molecule has 2 amide bonds. The summed E-state index contributed by atoms with van der Waals surface area (Å²) in [6, 6.07) is 11.4. The van der Waals surface area contributed by atoms with E-state index in [1.807, 2.05) is 0 Å². The molecule has 1 aromatic heterocycles. The number of fused-ring (bicyclic) bond motifs is 1. The molecule has 0 saturated carbocycles. The number of alkyl halides is 3. The van der Waals surface area contributed by atoms with E-state index in [9.17, 15) is 27.2 Å². The molecule has 0 radical (unpaired) electrons. The lowest BCUT2D eigenvalue weighted by Crippen LogP contribution is -2.38. The van der Waals surface area contributed by atoms with Crippen molar-refractivity contribution in [2.75, 3.05) is 16.8 Å². The maximum atomic E-state index is 14.2. The van der Waals surface area contributed by atoms with Crippen LogP contribution in [0.5, 0.6) is 11.5 Å². The number of rotatable bonds is 4. The van der Waals surface area contributed by atoms with Crippen molar-refractivity contribution in [3.63, 3.8) is 0 Å². The van der Waals surface area contributed by atoms with Gasteiger partial charge < -0.3 is 10.1 Å². The zero-order valence-corrected chi connectivity index (χ0v) is 17.2. The summed E-state index contributed by atoms with van der Waals surface area (Å²) in [6.45, 7) is 1.70. The molecule has 4 rings (SSSR count). The molecule has 0 spiro atoms. The van der Waals surface area contributed by atoms with Crippen molar-refractivity contribution in [3.05, 3.63) is 77.1 Å². The van der Waals surface area contributed by atoms with Gasteiger partial charge in [0.15, 0.2) is 11.6 Å². The standard InChI is InChI=1S/C23H17F4N3O3/c1-13(31)28-20-3-2-4-21(29-20)30-10-9-14-5-7-16(12-17(14)22(30)32)33-19-8-6-15(11-18(19)24)23(25,26)27/h2-8,11-12H,9-10H2,1H3,(H,28,29,31). The number of hydrogen-bond donors (Lipinski definition) is 1. The minimum absolute atomic E-state index is 0.0996. The fraction of sp³-hybridized carbons (Fsp3) is 0.174. The number of aromatic nitrogens is 1. The molecule has 1 aliphatic rings. The van der Waals surface area contributed by atoms with Crippen LogP contribution in [0.25, 0.3) is 0 Å². The van der Waals surface area contributed by atoms with E-state index in [0.717, 1.165) is 17.7 Å². The Hall–Kier alpha value is -3.95. The fourth-order valence-corrected chi connectivity index (χ4v) is 3.44. The van der Waals surface area contributed by atoms with E-state index in [1.54, 1.807) is 24.3 Å². The summed E-state index contributed by atoms with van der Waals surface area (Å²) in [4.78, 5) is 30.1. The van der Waals surface area contributed by atoms with Crippen molar-refractivity contribution in [2.24, 2.45) is 0 Å². The third-order valence-electron chi connectivity index (χ3n) is 4.96. The Morgan fingerprint density at radius 1 is 1.12 bits per heavy atom. The summed E-state index contributed by atoms with van der Waals surface area (Å²) in [7, 11) is 0. The summed E-state index contributed by atoms with van der Waals surface area (Å²) < 4.78 is 57.8. The van der Waals surface area contributed by atoms with Crippen LogP contribution in [0.1, 0.15) is 28.4 Å². The van der Waals surface area contributed by atoms with Crippen LogP contribution in [-0.2, 0) is 17.4 Å². The van der Waals surface area contributed by atoms with Gasteiger partial charge >= 0.3 is 6.18 Å². The fourth-order valence-electron chi connectivity index (χ4n) is 3.44. The SMILES string of the molecule is CC(=O)Nc1cccc(N2CCc3ccc(Oc4ccc(C(F)(F)F)cc4F)cc3C2=O)n1. The number of carbonyl (C=O) groups excluding carboxylic acids is 2. The molecular formula is C23H17F4N3O3. The molecule has 0 saturated heterocycles. The van der Waals surface area contributed by atoms with Crippen LogP contribution >= 0.6 is 0 Å². The van der Waals surface area contributed by atoms with E-state index in [-0.39, 0.29) is 17.6 Å². The second kappa shape index (κ2) is 8.53. The normalized spacial score (nSPS) is 13.5. The van der Waals surface area contributed by atoms with E-state index in [4.69, 9.17) is 4.74 Å². The van der Waals surface area contributed by atoms with Crippen molar-refractivity contribution in [2.45, 2.75) is 19.5 Å². The maximum Gasteiger partial charge on any atom is 0.416 e.